The van der Waals surface area contributed by atoms with Crippen LogP contribution in [0.3, 0.4) is 0 Å². The highest BCUT2D eigenvalue weighted by Crippen LogP contribution is 2.46. The SMILES string of the molecule is O=C1CCC(N2Cc3c(ccc4c3COC43CCNCC3)C2=O)C(=O)N1. The average Bonchev–Trinajstić information content (AvgIpc) is 3.15. The van der Waals surface area contributed by atoms with Gasteiger partial charge in [-0.25, -0.2) is 0 Å². The van der Waals surface area contributed by atoms with Crippen LogP contribution < -0.4 is 10.6 Å². The zero-order valence-electron chi connectivity index (χ0n) is 14.5. The maximum Gasteiger partial charge on any atom is 0.255 e. The van der Waals surface area contributed by atoms with Crippen molar-refractivity contribution in [1.82, 2.24) is 15.5 Å². The smallest absolute Gasteiger partial charge is 0.255 e. The quantitative estimate of drug-likeness (QED) is 0.719. The summed E-state index contributed by atoms with van der Waals surface area (Å²) in [5, 5.41) is 5.72. The lowest BCUT2D eigenvalue weighted by molar-refractivity contribution is -0.136. The molecule has 7 heteroatoms. The summed E-state index contributed by atoms with van der Waals surface area (Å²) in [4.78, 5) is 38.1. The average molecular weight is 355 g/mol. The summed E-state index contributed by atoms with van der Waals surface area (Å²) in [7, 11) is 0. The minimum atomic E-state index is -0.571. The Balaban J connectivity index is 1.48. The Morgan fingerprint density at radius 3 is 2.69 bits per heavy atom. The van der Waals surface area contributed by atoms with Gasteiger partial charge in [0.15, 0.2) is 0 Å². The Morgan fingerprint density at radius 1 is 1.12 bits per heavy atom. The molecule has 1 atom stereocenters. The van der Waals surface area contributed by atoms with Gasteiger partial charge in [-0.15, -0.1) is 0 Å². The number of carbonyl (C=O) groups excluding carboxylic acids is 3. The summed E-state index contributed by atoms with van der Waals surface area (Å²) in [5.74, 6) is -0.758. The number of amides is 3. The Bertz CT molecular complexity index is 828. The Hall–Kier alpha value is -2.25. The van der Waals surface area contributed by atoms with E-state index in [2.05, 4.69) is 10.6 Å². The topological polar surface area (TPSA) is 87.7 Å². The number of carbonyl (C=O) groups is 3. The van der Waals surface area contributed by atoms with E-state index in [9.17, 15) is 14.4 Å². The third-order valence-electron chi connectivity index (χ3n) is 6.23. The van der Waals surface area contributed by atoms with Crippen molar-refractivity contribution < 1.29 is 19.1 Å². The number of piperidine rings is 2. The molecule has 0 aromatic heterocycles. The lowest BCUT2D eigenvalue weighted by Crippen LogP contribution is -2.52. The molecule has 0 radical (unpaired) electrons. The van der Waals surface area contributed by atoms with Crippen molar-refractivity contribution in [2.45, 2.75) is 50.5 Å². The van der Waals surface area contributed by atoms with Crippen molar-refractivity contribution in [1.29, 1.82) is 0 Å². The molecule has 4 heterocycles. The molecule has 1 aromatic rings. The lowest BCUT2D eigenvalue weighted by atomic mass is 9.82. The molecule has 0 bridgehead atoms. The van der Waals surface area contributed by atoms with Crippen LogP contribution in [0.15, 0.2) is 12.1 Å². The summed E-state index contributed by atoms with van der Waals surface area (Å²) in [6.07, 6.45) is 2.53. The van der Waals surface area contributed by atoms with Gasteiger partial charge in [-0.05, 0) is 55.1 Å². The predicted octanol–water partition coefficient (Wildman–Crippen LogP) is 0.557. The van der Waals surface area contributed by atoms with E-state index in [-0.39, 0.29) is 29.7 Å². The predicted molar refractivity (Wildman–Crippen MR) is 91.1 cm³/mol. The van der Waals surface area contributed by atoms with Gasteiger partial charge in [0.2, 0.25) is 11.8 Å². The Labute approximate surface area is 151 Å². The lowest BCUT2D eigenvalue weighted by Gasteiger charge is -2.34. The molecule has 7 nitrogen and oxygen atoms in total. The molecule has 3 amide bonds. The van der Waals surface area contributed by atoms with Crippen LogP contribution in [0.1, 0.15) is 52.7 Å². The fourth-order valence-electron chi connectivity index (χ4n) is 4.83. The fraction of sp³-hybridized carbons (Fsp3) is 0.526. The van der Waals surface area contributed by atoms with Gasteiger partial charge in [-0.3, -0.25) is 19.7 Å². The highest BCUT2D eigenvalue weighted by molar-refractivity contribution is 6.05. The van der Waals surface area contributed by atoms with Gasteiger partial charge in [0.05, 0.1) is 12.2 Å². The third kappa shape index (κ3) is 2.17. The minimum absolute atomic E-state index is 0.122. The van der Waals surface area contributed by atoms with Crippen LogP contribution in [0.25, 0.3) is 0 Å². The van der Waals surface area contributed by atoms with Crippen molar-refractivity contribution in [3.63, 3.8) is 0 Å². The van der Waals surface area contributed by atoms with Gasteiger partial charge >= 0.3 is 0 Å². The summed E-state index contributed by atoms with van der Waals surface area (Å²) < 4.78 is 6.23. The van der Waals surface area contributed by atoms with Crippen molar-refractivity contribution in [3.05, 3.63) is 34.4 Å². The molecule has 2 fully saturated rings. The van der Waals surface area contributed by atoms with Crippen LogP contribution in [-0.4, -0.2) is 41.8 Å². The summed E-state index contributed by atoms with van der Waals surface area (Å²) in [5.41, 5.74) is 3.75. The number of nitrogens with one attached hydrogen (secondary N) is 2. The zero-order valence-corrected chi connectivity index (χ0v) is 14.5. The number of imide groups is 1. The van der Waals surface area contributed by atoms with Crippen LogP contribution in [-0.2, 0) is 33.1 Å². The third-order valence-corrected chi connectivity index (χ3v) is 6.23. The first-order chi connectivity index (χ1) is 12.6. The number of fused-ring (bicyclic) bond motifs is 4. The second-order valence-corrected chi connectivity index (χ2v) is 7.55. The van der Waals surface area contributed by atoms with E-state index < -0.39 is 6.04 Å². The van der Waals surface area contributed by atoms with E-state index in [4.69, 9.17) is 4.74 Å². The minimum Gasteiger partial charge on any atom is -0.365 e. The Morgan fingerprint density at radius 2 is 1.92 bits per heavy atom. The standard InChI is InChI=1S/C19H21N3O4/c23-16-4-3-15(17(24)21-16)22-9-12-11(18(22)25)1-2-14-13(12)10-26-19(14)5-7-20-8-6-19/h1-2,15,20H,3-10H2,(H,21,23,24). The maximum absolute atomic E-state index is 12.9. The molecule has 2 saturated heterocycles. The summed E-state index contributed by atoms with van der Waals surface area (Å²) in [6, 6.07) is 3.36. The molecule has 2 N–H and O–H groups in total. The second-order valence-electron chi connectivity index (χ2n) is 7.55. The Kier molecular flexibility index (Phi) is 3.45. The maximum atomic E-state index is 12.9. The highest BCUT2D eigenvalue weighted by atomic mass is 16.5. The van der Waals surface area contributed by atoms with E-state index in [0.717, 1.165) is 37.1 Å². The van der Waals surface area contributed by atoms with Crippen LogP contribution >= 0.6 is 0 Å². The highest BCUT2D eigenvalue weighted by Gasteiger charge is 2.46. The number of ether oxygens (including phenoxy) is 1. The van der Waals surface area contributed by atoms with Gasteiger partial charge in [-0.1, -0.05) is 6.07 Å². The number of benzene rings is 1. The van der Waals surface area contributed by atoms with E-state index in [1.54, 1.807) is 4.90 Å². The largest absolute Gasteiger partial charge is 0.365 e. The van der Waals surface area contributed by atoms with Crippen molar-refractivity contribution in [2.24, 2.45) is 0 Å². The molecular formula is C19H21N3O4. The molecule has 1 spiro atoms. The monoisotopic (exact) mass is 355 g/mol. The van der Waals surface area contributed by atoms with Gasteiger partial charge in [0.1, 0.15) is 6.04 Å². The molecule has 1 unspecified atom stereocenters. The van der Waals surface area contributed by atoms with Crippen molar-refractivity contribution in [2.75, 3.05) is 13.1 Å². The summed E-state index contributed by atoms with van der Waals surface area (Å²) in [6.45, 7) is 2.80. The van der Waals surface area contributed by atoms with Crippen LogP contribution in [0, 0.1) is 0 Å². The molecule has 4 aliphatic heterocycles. The molecule has 5 rings (SSSR count). The van der Waals surface area contributed by atoms with E-state index in [0.29, 0.717) is 25.1 Å². The molecule has 4 aliphatic rings. The summed E-state index contributed by atoms with van der Waals surface area (Å²) >= 11 is 0. The van der Waals surface area contributed by atoms with Crippen LogP contribution in [0.2, 0.25) is 0 Å². The molecule has 0 saturated carbocycles. The zero-order chi connectivity index (χ0) is 17.9. The van der Waals surface area contributed by atoms with Crippen LogP contribution in [0.4, 0.5) is 0 Å². The van der Waals surface area contributed by atoms with Gasteiger partial charge in [0, 0.05) is 18.5 Å². The number of hydrogen-bond donors (Lipinski definition) is 2. The molecule has 1 aromatic carbocycles. The van der Waals surface area contributed by atoms with Crippen molar-refractivity contribution >= 4 is 17.7 Å². The van der Waals surface area contributed by atoms with Crippen LogP contribution in [0.5, 0.6) is 0 Å². The van der Waals surface area contributed by atoms with Crippen molar-refractivity contribution in [3.8, 4) is 0 Å². The first-order valence-corrected chi connectivity index (χ1v) is 9.24. The molecule has 26 heavy (non-hydrogen) atoms. The van der Waals surface area contributed by atoms with E-state index >= 15 is 0 Å². The van der Waals surface area contributed by atoms with Gasteiger partial charge < -0.3 is 15.0 Å². The second kappa shape index (κ2) is 5.62. The van der Waals surface area contributed by atoms with Gasteiger partial charge in [0.25, 0.3) is 5.91 Å². The van der Waals surface area contributed by atoms with E-state index in [1.807, 2.05) is 12.1 Å². The number of hydrogen-bond acceptors (Lipinski definition) is 5. The van der Waals surface area contributed by atoms with Gasteiger partial charge in [-0.2, -0.15) is 0 Å². The number of rotatable bonds is 1. The first kappa shape index (κ1) is 16.0. The normalized spacial score (nSPS) is 26.8. The molecule has 0 aliphatic carbocycles. The van der Waals surface area contributed by atoms with E-state index in [1.165, 1.54) is 5.56 Å². The molecular weight excluding hydrogens is 334 g/mol. The fourth-order valence-corrected chi connectivity index (χ4v) is 4.83. The number of nitrogens with zero attached hydrogens (tertiary/aromatic N) is 1. The molecule has 136 valence electrons. The first-order valence-electron chi connectivity index (χ1n) is 9.24.